The van der Waals surface area contributed by atoms with E-state index in [0.717, 1.165) is 6.07 Å². The van der Waals surface area contributed by atoms with E-state index >= 15 is 0 Å². The summed E-state index contributed by atoms with van der Waals surface area (Å²) in [6, 6.07) is 1.29. The highest BCUT2D eigenvalue weighted by Crippen LogP contribution is 2.33. The van der Waals surface area contributed by atoms with E-state index in [1.165, 1.54) is 4.98 Å². The Hall–Kier alpha value is -1.91. The van der Waals surface area contributed by atoms with Gasteiger partial charge in [-0.15, -0.1) is 0 Å². The molecule has 0 saturated carbocycles. The van der Waals surface area contributed by atoms with Crippen LogP contribution in [0.2, 0.25) is 0 Å². The van der Waals surface area contributed by atoms with Gasteiger partial charge in [-0.25, -0.2) is 8.78 Å². The maximum Gasteiger partial charge on any atom is 0.432 e. The zero-order valence-corrected chi connectivity index (χ0v) is 7.40. The van der Waals surface area contributed by atoms with Gasteiger partial charge in [0.05, 0.1) is 5.56 Å². The van der Waals surface area contributed by atoms with E-state index in [4.69, 9.17) is 5.26 Å². The maximum atomic E-state index is 12.3. The van der Waals surface area contributed by atoms with Gasteiger partial charge in [0.2, 0.25) is 5.56 Å². The molecule has 0 unspecified atom stereocenters. The summed E-state index contributed by atoms with van der Waals surface area (Å²) >= 11 is 0. The number of nitrogens with one attached hydrogen (secondary N) is 1. The van der Waals surface area contributed by atoms with E-state index < -0.39 is 35.0 Å². The first-order chi connectivity index (χ1) is 7.27. The molecule has 8 heteroatoms. The second-order valence-electron chi connectivity index (χ2n) is 2.75. The van der Waals surface area contributed by atoms with Gasteiger partial charge in [-0.2, -0.15) is 18.4 Å². The Morgan fingerprint density at radius 2 is 1.94 bits per heavy atom. The lowest BCUT2D eigenvalue weighted by molar-refractivity contribution is -0.141. The summed E-state index contributed by atoms with van der Waals surface area (Å²) in [5.74, 6) is 0. The lowest BCUT2D eigenvalue weighted by Gasteiger charge is -2.10. The van der Waals surface area contributed by atoms with Gasteiger partial charge in [-0.3, -0.25) is 4.79 Å². The van der Waals surface area contributed by atoms with Gasteiger partial charge in [0, 0.05) is 11.6 Å². The Labute approximate surface area is 85.1 Å². The Morgan fingerprint density at radius 3 is 2.31 bits per heavy atom. The van der Waals surface area contributed by atoms with E-state index in [2.05, 4.69) is 0 Å². The van der Waals surface area contributed by atoms with Gasteiger partial charge in [-0.05, 0) is 0 Å². The summed E-state index contributed by atoms with van der Waals surface area (Å²) in [5, 5.41) is 8.40. The summed E-state index contributed by atoms with van der Waals surface area (Å²) in [5.41, 5.74) is -5.57. The summed E-state index contributed by atoms with van der Waals surface area (Å²) < 4.78 is 61.5. The molecule has 0 atom stereocenters. The molecule has 0 radical (unpaired) electrons. The lowest BCUT2D eigenvalue weighted by atomic mass is 10.1. The third kappa shape index (κ3) is 2.18. The predicted molar refractivity (Wildman–Crippen MR) is 41.7 cm³/mol. The van der Waals surface area contributed by atoms with Crippen LogP contribution in [0.4, 0.5) is 22.0 Å². The second kappa shape index (κ2) is 3.92. The highest BCUT2D eigenvalue weighted by atomic mass is 19.4. The quantitative estimate of drug-likeness (QED) is 0.762. The van der Waals surface area contributed by atoms with Crippen LogP contribution in [0.5, 0.6) is 0 Å². The molecule has 0 spiro atoms. The molecule has 0 fully saturated rings. The number of hydrogen-bond acceptors (Lipinski definition) is 2. The molecule has 0 aliphatic heterocycles. The topological polar surface area (TPSA) is 56.6 Å². The van der Waals surface area contributed by atoms with Gasteiger partial charge in [0.1, 0.15) is 11.8 Å². The molecule has 86 valence electrons. The number of halogens is 5. The van der Waals surface area contributed by atoms with Crippen molar-refractivity contribution < 1.29 is 22.0 Å². The molecule has 0 aromatic carbocycles. The number of hydrogen-bond donors (Lipinski definition) is 1. The van der Waals surface area contributed by atoms with Crippen LogP contribution in [0.15, 0.2) is 10.9 Å². The van der Waals surface area contributed by atoms with Crippen LogP contribution in [0.3, 0.4) is 0 Å². The molecule has 0 aliphatic carbocycles. The molecule has 1 aromatic rings. The average molecular weight is 238 g/mol. The van der Waals surface area contributed by atoms with Crippen molar-refractivity contribution in [3.05, 3.63) is 33.2 Å². The van der Waals surface area contributed by atoms with Crippen molar-refractivity contribution in [3.63, 3.8) is 0 Å². The van der Waals surface area contributed by atoms with Crippen LogP contribution in [0, 0.1) is 11.3 Å². The van der Waals surface area contributed by atoms with Crippen LogP contribution in [0.1, 0.15) is 23.2 Å². The van der Waals surface area contributed by atoms with Gasteiger partial charge in [0.15, 0.2) is 0 Å². The number of nitriles is 1. The monoisotopic (exact) mass is 238 g/mol. The van der Waals surface area contributed by atoms with E-state index in [-0.39, 0.29) is 6.07 Å². The van der Waals surface area contributed by atoms with Crippen molar-refractivity contribution in [2.24, 2.45) is 0 Å². The first-order valence-corrected chi connectivity index (χ1v) is 3.80. The van der Waals surface area contributed by atoms with Gasteiger partial charge >= 0.3 is 6.18 Å². The molecular formula is C8H3F5N2O. The first-order valence-electron chi connectivity index (χ1n) is 3.80. The van der Waals surface area contributed by atoms with Gasteiger partial charge in [0.25, 0.3) is 6.43 Å². The van der Waals surface area contributed by atoms with E-state index in [1.807, 2.05) is 0 Å². The van der Waals surface area contributed by atoms with E-state index in [9.17, 15) is 26.7 Å². The largest absolute Gasteiger partial charge is 0.432 e. The van der Waals surface area contributed by atoms with Crippen molar-refractivity contribution in [1.82, 2.24) is 4.98 Å². The fourth-order valence-corrected chi connectivity index (χ4v) is 1.08. The smallest absolute Gasteiger partial charge is 0.317 e. The maximum absolute atomic E-state index is 12.3. The molecule has 3 nitrogen and oxygen atoms in total. The molecule has 16 heavy (non-hydrogen) atoms. The standard InChI is InChI=1S/C8H3F5N2O/c9-7(10)3-1-5(16)15-6(4(3)2-14)8(11,12)13/h1,7H,(H,15,16). The molecule has 1 aromatic heterocycles. The summed E-state index contributed by atoms with van der Waals surface area (Å²) in [4.78, 5) is 12.1. The zero-order chi connectivity index (χ0) is 12.5. The Morgan fingerprint density at radius 1 is 1.38 bits per heavy atom. The average Bonchev–Trinajstić information content (AvgIpc) is 2.14. The molecular weight excluding hydrogens is 235 g/mol. The normalized spacial score (nSPS) is 11.6. The molecule has 0 aliphatic rings. The Bertz CT molecular complexity index is 497. The molecule has 1 N–H and O–H groups in total. The Balaban J connectivity index is 3.64. The number of alkyl halides is 5. The van der Waals surface area contributed by atoms with Crippen molar-refractivity contribution in [1.29, 1.82) is 5.26 Å². The molecule has 1 rings (SSSR count). The number of pyridine rings is 1. The number of aromatic amines is 1. The third-order valence-corrected chi connectivity index (χ3v) is 1.70. The van der Waals surface area contributed by atoms with Crippen LogP contribution in [0.25, 0.3) is 0 Å². The number of nitrogens with zero attached hydrogens (tertiary/aromatic N) is 1. The SMILES string of the molecule is N#Cc1c(C(F)F)cc(=O)[nH]c1C(F)(F)F. The van der Waals surface area contributed by atoms with E-state index in [1.54, 1.807) is 0 Å². The van der Waals surface area contributed by atoms with Crippen LogP contribution in [-0.2, 0) is 6.18 Å². The molecule has 1 heterocycles. The minimum Gasteiger partial charge on any atom is -0.317 e. The van der Waals surface area contributed by atoms with E-state index in [0.29, 0.717) is 0 Å². The molecule has 0 saturated heterocycles. The van der Waals surface area contributed by atoms with Crippen LogP contribution in [-0.4, -0.2) is 4.98 Å². The second-order valence-corrected chi connectivity index (χ2v) is 2.75. The summed E-state index contributed by atoms with van der Waals surface area (Å²) in [6.07, 6.45) is -8.38. The minimum absolute atomic E-state index is 0.276. The molecule has 0 bridgehead atoms. The summed E-state index contributed by atoms with van der Waals surface area (Å²) in [7, 11) is 0. The highest BCUT2D eigenvalue weighted by Gasteiger charge is 2.37. The minimum atomic E-state index is -5.06. The van der Waals surface area contributed by atoms with Crippen molar-refractivity contribution in [3.8, 4) is 6.07 Å². The zero-order valence-electron chi connectivity index (χ0n) is 7.40. The van der Waals surface area contributed by atoms with Crippen LogP contribution >= 0.6 is 0 Å². The fourth-order valence-electron chi connectivity index (χ4n) is 1.08. The molecule has 0 amide bonds. The number of H-pyrrole nitrogens is 1. The first kappa shape index (κ1) is 12.2. The van der Waals surface area contributed by atoms with Gasteiger partial charge < -0.3 is 4.98 Å². The van der Waals surface area contributed by atoms with Gasteiger partial charge in [-0.1, -0.05) is 0 Å². The summed E-state index contributed by atoms with van der Waals surface area (Å²) in [6.45, 7) is 0. The highest BCUT2D eigenvalue weighted by molar-refractivity contribution is 5.42. The number of aromatic nitrogens is 1. The fraction of sp³-hybridized carbons (Fsp3) is 0.250. The van der Waals surface area contributed by atoms with Crippen molar-refractivity contribution in [2.45, 2.75) is 12.6 Å². The predicted octanol–water partition coefficient (Wildman–Crippen LogP) is 2.20. The Kier molecular flexibility index (Phi) is 2.98. The van der Waals surface area contributed by atoms with Crippen molar-refractivity contribution >= 4 is 0 Å². The van der Waals surface area contributed by atoms with Crippen molar-refractivity contribution in [2.75, 3.05) is 0 Å². The lowest BCUT2D eigenvalue weighted by Crippen LogP contribution is -2.20. The third-order valence-electron chi connectivity index (χ3n) is 1.70. The number of rotatable bonds is 1. The van der Waals surface area contributed by atoms with Crippen LogP contribution < -0.4 is 5.56 Å².